The van der Waals surface area contributed by atoms with Gasteiger partial charge in [-0.3, -0.25) is 19.2 Å². The quantitative estimate of drug-likeness (QED) is 0.157. The van der Waals surface area contributed by atoms with Crippen molar-refractivity contribution in [1.82, 2.24) is 10.0 Å². The van der Waals surface area contributed by atoms with Crippen molar-refractivity contribution in [3.8, 4) is 5.75 Å². The highest BCUT2D eigenvalue weighted by atomic mass is 35.5. The van der Waals surface area contributed by atoms with Gasteiger partial charge in [0.2, 0.25) is 5.76 Å². The van der Waals surface area contributed by atoms with E-state index in [-0.39, 0.29) is 38.6 Å². The molecule has 0 bridgehead atoms. The summed E-state index contributed by atoms with van der Waals surface area (Å²) >= 11 is 12.1. The SMILES string of the molecule is C[C@@H]1CC[C@H]2C(=O)N(N(CC(=O)c3ccc(OC(=O)c4ccco4)cc3)C(=O)c3ccc(Cl)c(Cl)c3)C(=O)[C@H]2C1. The standard InChI is InChI=1S/C29H24Cl2N2O7/c1-16-4-10-20-21(13-16)28(37)33(27(20)36)32(26(35)18-7-11-22(30)23(31)14-18)15-24(34)17-5-8-19(9-6-17)40-29(38)25-3-2-12-39-25/h2-3,5-9,11-12,14,16,20-21H,4,10,13,15H2,1H3/t16-,20-,21+/m1/s1. The smallest absolute Gasteiger partial charge is 0.379 e. The van der Waals surface area contributed by atoms with Gasteiger partial charge in [0.15, 0.2) is 5.78 Å². The van der Waals surface area contributed by atoms with Gasteiger partial charge in [-0.1, -0.05) is 30.1 Å². The number of hydrogen-bond acceptors (Lipinski definition) is 7. The van der Waals surface area contributed by atoms with Crippen LogP contribution in [-0.2, 0) is 9.59 Å². The molecular formula is C29H24Cl2N2O7. The molecule has 40 heavy (non-hydrogen) atoms. The number of nitrogens with zero attached hydrogens (tertiary/aromatic N) is 2. The number of ether oxygens (including phenoxy) is 1. The molecule has 3 atom stereocenters. The Morgan fingerprint density at radius 3 is 2.33 bits per heavy atom. The summed E-state index contributed by atoms with van der Waals surface area (Å²) in [5.41, 5.74) is 0.237. The van der Waals surface area contributed by atoms with Crippen molar-refractivity contribution in [2.45, 2.75) is 26.2 Å². The molecule has 0 N–H and O–H groups in total. The molecule has 1 saturated heterocycles. The van der Waals surface area contributed by atoms with Gasteiger partial charge >= 0.3 is 5.97 Å². The van der Waals surface area contributed by atoms with Crippen LogP contribution in [0.4, 0.5) is 0 Å². The lowest BCUT2D eigenvalue weighted by Gasteiger charge is -2.30. The Labute approximate surface area is 239 Å². The molecule has 2 aromatic carbocycles. The maximum absolute atomic E-state index is 13.7. The lowest BCUT2D eigenvalue weighted by atomic mass is 9.76. The first-order chi connectivity index (χ1) is 19.1. The van der Waals surface area contributed by atoms with E-state index in [1.54, 1.807) is 6.07 Å². The zero-order valence-corrected chi connectivity index (χ0v) is 22.9. The number of esters is 1. The number of fused-ring (bicyclic) bond motifs is 1. The minimum absolute atomic E-state index is 0.0199. The van der Waals surface area contributed by atoms with Crippen molar-refractivity contribution in [2.24, 2.45) is 17.8 Å². The van der Waals surface area contributed by atoms with Crippen LogP contribution in [0, 0.1) is 17.8 Å². The van der Waals surface area contributed by atoms with E-state index >= 15 is 0 Å². The van der Waals surface area contributed by atoms with Crippen LogP contribution in [0.1, 0.15) is 57.5 Å². The van der Waals surface area contributed by atoms with E-state index in [0.717, 1.165) is 16.4 Å². The van der Waals surface area contributed by atoms with Crippen LogP contribution in [0.15, 0.2) is 65.3 Å². The van der Waals surface area contributed by atoms with Crippen molar-refractivity contribution >= 4 is 52.7 Å². The van der Waals surface area contributed by atoms with E-state index in [4.69, 9.17) is 32.4 Å². The number of amides is 3. The monoisotopic (exact) mass is 582 g/mol. The summed E-state index contributed by atoms with van der Waals surface area (Å²) in [5.74, 6) is -3.61. The molecule has 3 aromatic rings. The number of carbonyl (C=O) groups excluding carboxylic acids is 5. The average Bonchev–Trinajstić information content (AvgIpc) is 3.56. The zero-order chi connectivity index (χ0) is 28.6. The highest BCUT2D eigenvalue weighted by Crippen LogP contribution is 2.41. The first-order valence-electron chi connectivity index (χ1n) is 12.7. The zero-order valence-electron chi connectivity index (χ0n) is 21.3. The van der Waals surface area contributed by atoms with Crippen LogP contribution in [0.5, 0.6) is 5.75 Å². The first-order valence-corrected chi connectivity index (χ1v) is 13.4. The fraction of sp³-hybridized carbons (Fsp3) is 0.276. The second-order valence-electron chi connectivity index (χ2n) is 9.93. The van der Waals surface area contributed by atoms with Crippen molar-refractivity contribution in [1.29, 1.82) is 0 Å². The van der Waals surface area contributed by atoms with Crippen molar-refractivity contribution in [2.75, 3.05) is 6.54 Å². The topological polar surface area (TPSA) is 114 Å². The Hall–Kier alpha value is -3.95. The molecule has 0 unspecified atom stereocenters. The number of ketones is 1. The number of halogens is 2. The second-order valence-corrected chi connectivity index (χ2v) is 10.7. The summed E-state index contributed by atoms with van der Waals surface area (Å²) < 4.78 is 10.2. The Morgan fingerprint density at radius 1 is 0.950 bits per heavy atom. The summed E-state index contributed by atoms with van der Waals surface area (Å²) in [6.07, 6.45) is 3.21. The first kappa shape index (κ1) is 27.6. The Bertz CT molecular complexity index is 1490. The summed E-state index contributed by atoms with van der Waals surface area (Å²) in [7, 11) is 0. The number of hydrazine groups is 1. The normalized spacial score (nSPS) is 20.3. The third-order valence-electron chi connectivity index (χ3n) is 7.21. The van der Waals surface area contributed by atoms with E-state index in [2.05, 4.69) is 0 Å². The minimum Gasteiger partial charge on any atom is -0.457 e. The highest BCUT2D eigenvalue weighted by molar-refractivity contribution is 6.42. The van der Waals surface area contributed by atoms with E-state index in [0.29, 0.717) is 12.8 Å². The van der Waals surface area contributed by atoms with Gasteiger partial charge in [0, 0.05) is 11.1 Å². The third kappa shape index (κ3) is 5.39. The van der Waals surface area contributed by atoms with Crippen LogP contribution < -0.4 is 4.74 Å². The van der Waals surface area contributed by atoms with E-state index in [1.807, 2.05) is 6.92 Å². The fourth-order valence-electron chi connectivity index (χ4n) is 5.11. The molecular weight excluding hydrogens is 559 g/mol. The second kappa shape index (κ2) is 11.3. The molecule has 1 aromatic heterocycles. The third-order valence-corrected chi connectivity index (χ3v) is 7.95. The molecule has 1 aliphatic heterocycles. The van der Waals surface area contributed by atoms with Gasteiger partial charge in [0.05, 0.1) is 28.1 Å². The van der Waals surface area contributed by atoms with Gasteiger partial charge in [-0.25, -0.2) is 9.80 Å². The Kier molecular flexibility index (Phi) is 7.78. The molecule has 11 heteroatoms. The minimum atomic E-state index is -0.746. The highest BCUT2D eigenvalue weighted by Gasteiger charge is 2.52. The summed E-state index contributed by atoms with van der Waals surface area (Å²) in [6.45, 7) is 1.44. The molecule has 2 aliphatic rings. The fourth-order valence-corrected chi connectivity index (χ4v) is 5.41. The summed E-state index contributed by atoms with van der Waals surface area (Å²) in [5, 5.41) is 2.05. The predicted molar refractivity (Wildman–Crippen MR) is 144 cm³/mol. The molecule has 3 amide bonds. The van der Waals surface area contributed by atoms with Crippen LogP contribution >= 0.6 is 23.2 Å². The molecule has 1 saturated carbocycles. The molecule has 206 valence electrons. The number of benzene rings is 2. The number of rotatable bonds is 7. The number of Topliss-reactive ketones (excluding diaryl/α,β-unsaturated/α-hetero) is 1. The average molecular weight is 583 g/mol. The lowest BCUT2D eigenvalue weighted by Crippen LogP contribution is -2.52. The molecule has 2 fully saturated rings. The molecule has 5 rings (SSSR count). The number of furan rings is 1. The molecule has 0 spiro atoms. The molecule has 9 nitrogen and oxygen atoms in total. The van der Waals surface area contributed by atoms with Crippen molar-refractivity contribution in [3.05, 3.63) is 87.8 Å². The van der Waals surface area contributed by atoms with Gasteiger partial charge in [0.25, 0.3) is 17.7 Å². The number of hydrogen-bond donors (Lipinski definition) is 0. The van der Waals surface area contributed by atoms with Gasteiger partial charge in [-0.15, -0.1) is 0 Å². The van der Waals surface area contributed by atoms with Crippen LogP contribution in [0.3, 0.4) is 0 Å². The maximum atomic E-state index is 13.7. The van der Waals surface area contributed by atoms with E-state index in [1.165, 1.54) is 54.8 Å². The Morgan fingerprint density at radius 2 is 1.65 bits per heavy atom. The van der Waals surface area contributed by atoms with Crippen LogP contribution in [-0.4, -0.2) is 46.0 Å². The van der Waals surface area contributed by atoms with Gasteiger partial charge < -0.3 is 9.15 Å². The predicted octanol–water partition coefficient (Wildman–Crippen LogP) is 5.47. The largest absolute Gasteiger partial charge is 0.457 e. The molecule has 0 radical (unpaired) electrons. The van der Waals surface area contributed by atoms with Gasteiger partial charge in [-0.2, -0.15) is 5.01 Å². The molecule has 2 heterocycles. The maximum Gasteiger partial charge on any atom is 0.379 e. The summed E-state index contributed by atoms with van der Waals surface area (Å²) in [4.78, 5) is 66.0. The van der Waals surface area contributed by atoms with Gasteiger partial charge in [-0.05, 0) is 79.8 Å². The number of carbonyl (C=O) groups is 5. The van der Waals surface area contributed by atoms with E-state index < -0.39 is 47.9 Å². The molecule has 1 aliphatic carbocycles. The lowest BCUT2D eigenvalue weighted by molar-refractivity contribution is -0.154. The van der Waals surface area contributed by atoms with E-state index in [9.17, 15) is 24.0 Å². The van der Waals surface area contributed by atoms with Crippen LogP contribution in [0.25, 0.3) is 0 Å². The Balaban J connectivity index is 1.40. The van der Waals surface area contributed by atoms with Gasteiger partial charge in [0.1, 0.15) is 12.3 Å². The summed E-state index contributed by atoms with van der Waals surface area (Å²) in [6, 6.07) is 12.8. The van der Waals surface area contributed by atoms with Crippen molar-refractivity contribution < 1.29 is 33.1 Å². The van der Waals surface area contributed by atoms with Crippen LogP contribution in [0.2, 0.25) is 10.0 Å². The van der Waals surface area contributed by atoms with Crippen molar-refractivity contribution in [3.63, 3.8) is 0 Å². The number of imide groups is 1.